The van der Waals surface area contributed by atoms with Gasteiger partial charge in [0, 0.05) is 36.6 Å². The number of aromatic nitrogens is 3. The number of carbonyl (C=O) groups excluding carboxylic acids is 1. The molecule has 0 aliphatic rings. The highest BCUT2D eigenvalue weighted by molar-refractivity contribution is 7.20. The van der Waals surface area contributed by atoms with Crippen LogP contribution < -0.4 is 0 Å². The van der Waals surface area contributed by atoms with Gasteiger partial charge in [-0.25, -0.2) is 9.97 Å². The number of amides is 1. The van der Waals surface area contributed by atoms with Gasteiger partial charge in [0.2, 0.25) is 0 Å². The van der Waals surface area contributed by atoms with E-state index in [-0.39, 0.29) is 5.91 Å². The maximum absolute atomic E-state index is 13.7. The minimum Gasteiger partial charge on any atom is -0.329 e. The van der Waals surface area contributed by atoms with Crippen molar-refractivity contribution in [1.82, 2.24) is 19.9 Å². The Morgan fingerprint density at radius 3 is 2.35 bits per heavy atom. The van der Waals surface area contributed by atoms with E-state index < -0.39 is 0 Å². The average Bonchev–Trinajstić information content (AvgIpc) is 3.10. The van der Waals surface area contributed by atoms with Gasteiger partial charge < -0.3 is 4.90 Å². The first kappa shape index (κ1) is 21.1. The van der Waals surface area contributed by atoms with Crippen LogP contribution in [-0.4, -0.2) is 25.8 Å². The molecule has 3 aromatic heterocycles. The number of fused-ring (bicyclic) bond motifs is 1. The summed E-state index contributed by atoms with van der Waals surface area (Å²) >= 11 is 1.46. The van der Waals surface area contributed by atoms with Gasteiger partial charge in [-0.2, -0.15) is 0 Å². The summed E-state index contributed by atoms with van der Waals surface area (Å²) in [6.45, 7) is 9.04. The van der Waals surface area contributed by atoms with Gasteiger partial charge in [-0.1, -0.05) is 37.3 Å². The number of hydrogen-bond acceptors (Lipinski definition) is 5. The minimum absolute atomic E-state index is 0.0148. The smallest absolute Gasteiger partial charge is 0.264 e. The van der Waals surface area contributed by atoms with E-state index >= 15 is 0 Å². The number of pyridine rings is 1. The Bertz CT molecular complexity index is 1220. The maximum Gasteiger partial charge on any atom is 0.264 e. The molecule has 5 nitrogen and oxygen atoms in total. The zero-order valence-electron chi connectivity index (χ0n) is 18.3. The van der Waals surface area contributed by atoms with E-state index in [9.17, 15) is 4.79 Å². The van der Waals surface area contributed by atoms with Crippen LogP contribution in [0.1, 0.15) is 50.4 Å². The first-order valence-electron chi connectivity index (χ1n) is 10.5. The van der Waals surface area contributed by atoms with Crippen molar-refractivity contribution in [1.29, 1.82) is 0 Å². The van der Waals surface area contributed by atoms with E-state index in [1.54, 1.807) is 6.20 Å². The summed E-state index contributed by atoms with van der Waals surface area (Å²) in [7, 11) is 0. The van der Waals surface area contributed by atoms with Crippen LogP contribution in [-0.2, 0) is 19.5 Å². The summed E-state index contributed by atoms with van der Waals surface area (Å²) in [5.74, 6) is 0.745. The Morgan fingerprint density at radius 1 is 0.968 bits per heavy atom. The fourth-order valence-corrected chi connectivity index (χ4v) is 5.08. The van der Waals surface area contributed by atoms with Gasteiger partial charge in [0.15, 0.2) is 0 Å². The summed E-state index contributed by atoms with van der Waals surface area (Å²) in [4.78, 5) is 30.5. The predicted molar refractivity (Wildman–Crippen MR) is 125 cm³/mol. The van der Waals surface area contributed by atoms with Crippen LogP contribution >= 0.6 is 11.3 Å². The van der Waals surface area contributed by atoms with E-state index in [1.165, 1.54) is 16.9 Å². The van der Waals surface area contributed by atoms with Gasteiger partial charge >= 0.3 is 0 Å². The first-order chi connectivity index (χ1) is 15.0. The minimum atomic E-state index is 0.0148. The Balaban J connectivity index is 1.71. The van der Waals surface area contributed by atoms with Crippen LogP contribution in [0.5, 0.6) is 0 Å². The van der Waals surface area contributed by atoms with Crippen LogP contribution in [0.25, 0.3) is 10.2 Å². The van der Waals surface area contributed by atoms with Gasteiger partial charge in [-0.05, 0) is 55.5 Å². The molecule has 0 unspecified atom stereocenters. The summed E-state index contributed by atoms with van der Waals surface area (Å²) < 4.78 is 0. The molecule has 4 aromatic rings. The second-order valence-corrected chi connectivity index (χ2v) is 8.78. The molecule has 0 N–H and O–H groups in total. The standard InChI is InChI=1S/C25H26N4OS/c1-5-19-8-10-20(11-9-19)14-29(15-21-7-6-12-26-13-21)25(30)23-16(2)22-17(3)27-18(4)28-24(22)31-23/h6-13H,5,14-15H2,1-4H3. The van der Waals surface area contributed by atoms with Crippen LogP contribution in [0.15, 0.2) is 48.8 Å². The van der Waals surface area contributed by atoms with Crippen LogP contribution in [0.3, 0.4) is 0 Å². The number of nitrogens with zero attached hydrogens (tertiary/aromatic N) is 4. The van der Waals surface area contributed by atoms with Crippen molar-refractivity contribution in [2.24, 2.45) is 0 Å². The zero-order valence-corrected chi connectivity index (χ0v) is 19.2. The van der Waals surface area contributed by atoms with Crippen LogP contribution in [0.4, 0.5) is 0 Å². The third kappa shape index (κ3) is 4.49. The Kier molecular flexibility index (Phi) is 6.09. The van der Waals surface area contributed by atoms with E-state index in [1.807, 2.05) is 44.0 Å². The molecule has 1 aromatic carbocycles. The number of thiophene rings is 1. The SMILES string of the molecule is CCc1ccc(CN(Cc2cccnc2)C(=O)c2sc3nc(C)nc(C)c3c2C)cc1. The highest BCUT2D eigenvalue weighted by Crippen LogP contribution is 2.32. The zero-order chi connectivity index (χ0) is 22.0. The monoisotopic (exact) mass is 430 g/mol. The Labute approximate surface area is 186 Å². The van der Waals surface area contributed by atoms with Crippen LogP contribution in [0.2, 0.25) is 0 Å². The first-order valence-corrected chi connectivity index (χ1v) is 11.3. The molecule has 4 rings (SSSR count). The second-order valence-electron chi connectivity index (χ2n) is 7.79. The van der Waals surface area contributed by atoms with E-state index in [2.05, 4.69) is 46.1 Å². The largest absolute Gasteiger partial charge is 0.329 e. The fourth-order valence-electron chi connectivity index (χ4n) is 3.83. The summed E-state index contributed by atoms with van der Waals surface area (Å²) in [5.41, 5.74) is 5.29. The lowest BCUT2D eigenvalue weighted by atomic mass is 10.1. The van der Waals surface area contributed by atoms with E-state index in [0.29, 0.717) is 13.1 Å². The molecule has 0 saturated heterocycles. The second kappa shape index (κ2) is 8.94. The number of benzene rings is 1. The molecule has 158 valence electrons. The van der Waals surface area contributed by atoms with Gasteiger partial charge in [0.25, 0.3) is 5.91 Å². The molecule has 1 amide bonds. The number of hydrogen-bond donors (Lipinski definition) is 0. The number of aryl methyl sites for hydroxylation is 4. The van der Waals surface area contributed by atoms with Gasteiger partial charge in [0.1, 0.15) is 10.7 Å². The van der Waals surface area contributed by atoms with Crippen molar-refractivity contribution in [2.75, 3.05) is 0 Å². The van der Waals surface area contributed by atoms with Gasteiger partial charge in [-0.3, -0.25) is 9.78 Å². The third-order valence-electron chi connectivity index (χ3n) is 5.47. The van der Waals surface area contributed by atoms with Gasteiger partial charge in [-0.15, -0.1) is 11.3 Å². The van der Waals surface area contributed by atoms with Crippen molar-refractivity contribution in [3.8, 4) is 0 Å². The summed E-state index contributed by atoms with van der Waals surface area (Å²) in [6, 6.07) is 12.4. The fraction of sp³-hybridized carbons (Fsp3) is 0.280. The number of rotatable bonds is 6. The molecule has 0 fully saturated rings. The van der Waals surface area contributed by atoms with Crippen molar-refractivity contribution < 1.29 is 4.79 Å². The molecule has 0 aliphatic heterocycles. The quantitative estimate of drug-likeness (QED) is 0.410. The van der Waals surface area contributed by atoms with Crippen molar-refractivity contribution >= 4 is 27.5 Å². The topological polar surface area (TPSA) is 59.0 Å². The molecule has 3 heterocycles. The molecule has 31 heavy (non-hydrogen) atoms. The molecule has 0 atom stereocenters. The van der Waals surface area contributed by atoms with E-state index in [4.69, 9.17) is 0 Å². The summed E-state index contributed by atoms with van der Waals surface area (Å²) in [5, 5.41) is 0.993. The average molecular weight is 431 g/mol. The normalized spacial score (nSPS) is 11.1. The highest BCUT2D eigenvalue weighted by atomic mass is 32.1. The molecule has 0 spiro atoms. The van der Waals surface area contributed by atoms with Crippen molar-refractivity contribution in [3.05, 3.63) is 87.4 Å². The molecule has 6 heteroatoms. The van der Waals surface area contributed by atoms with Crippen molar-refractivity contribution in [2.45, 2.75) is 47.2 Å². The lowest BCUT2D eigenvalue weighted by molar-refractivity contribution is 0.0734. The lowest BCUT2D eigenvalue weighted by Crippen LogP contribution is -2.30. The Hall–Kier alpha value is -3.12. The van der Waals surface area contributed by atoms with Gasteiger partial charge in [0.05, 0.1) is 4.88 Å². The molecular weight excluding hydrogens is 404 g/mol. The lowest BCUT2D eigenvalue weighted by Gasteiger charge is -2.23. The molecule has 0 bridgehead atoms. The maximum atomic E-state index is 13.7. The molecule has 0 radical (unpaired) electrons. The third-order valence-corrected chi connectivity index (χ3v) is 6.64. The van der Waals surface area contributed by atoms with E-state index in [0.717, 1.165) is 49.7 Å². The highest BCUT2D eigenvalue weighted by Gasteiger charge is 2.24. The molecule has 0 saturated carbocycles. The number of carbonyl (C=O) groups is 1. The molecule has 0 aliphatic carbocycles. The van der Waals surface area contributed by atoms with Crippen molar-refractivity contribution in [3.63, 3.8) is 0 Å². The molecular formula is C25H26N4OS. The summed E-state index contributed by atoms with van der Waals surface area (Å²) in [6.07, 6.45) is 4.57. The van der Waals surface area contributed by atoms with Crippen LogP contribution in [0, 0.1) is 20.8 Å². The Morgan fingerprint density at radius 2 is 1.68 bits per heavy atom. The predicted octanol–water partition coefficient (Wildman–Crippen LogP) is 5.42.